The van der Waals surface area contributed by atoms with Crippen LogP contribution in [0.2, 0.25) is 0 Å². The van der Waals surface area contributed by atoms with E-state index in [1.807, 2.05) is 6.92 Å². The first-order valence-corrected chi connectivity index (χ1v) is 6.44. The largest absolute Gasteiger partial charge is 0.338 e. The highest BCUT2D eigenvalue weighted by Gasteiger charge is 2.03. The SMILES string of the molecule is Cc1[nH]ncc1CCCNC(=O)Nc1ccc(F)cc1. The number of hydrogen-bond donors (Lipinski definition) is 3. The Balaban J connectivity index is 1.68. The van der Waals surface area contributed by atoms with Gasteiger partial charge in [0.05, 0.1) is 6.20 Å². The number of aromatic nitrogens is 2. The third-order valence-corrected chi connectivity index (χ3v) is 2.94. The number of nitrogens with one attached hydrogen (secondary N) is 3. The fraction of sp³-hybridized carbons (Fsp3) is 0.286. The van der Waals surface area contributed by atoms with Gasteiger partial charge in [0.15, 0.2) is 0 Å². The zero-order valence-corrected chi connectivity index (χ0v) is 11.2. The quantitative estimate of drug-likeness (QED) is 0.735. The van der Waals surface area contributed by atoms with Crippen molar-refractivity contribution in [3.8, 4) is 0 Å². The van der Waals surface area contributed by atoms with E-state index in [9.17, 15) is 9.18 Å². The molecule has 106 valence electrons. The van der Waals surface area contributed by atoms with Gasteiger partial charge in [0.25, 0.3) is 0 Å². The molecule has 2 rings (SSSR count). The molecular formula is C14H17FN4O. The van der Waals surface area contributed by atoms with Crippen LogP contribution < -0.4 is 10.6 Å². The Morgan fingerprint density at radius 1 is 1.35 bits per heavy atom. The highest BCUT2D eigenvalue weighted by Crippen LogP contribution is 2.08. The van der Waals surface area contributed by atoms with Gasteiger partial charge in [0, 0.05) is 17.9 Å². The summed E-state index contributed by atoms with van der Waals surface area (Å²) in [6.45, 7) is 2.54. The summed E-state index contributed by atoms with van der Waals surface area (Å²) in [6.07, 6.45) is 3.49. The summed E-state index contributed by atoms with van der Waals surface area (Å²) in [5, 5.41) is 12.2. The van der Waals surface area contributed by atoms with Crippen molar-refractivity contribution >= 4 is 11.7 Å². The van der Waals surface area contributed by atoms with Gasteiger partial charge >= 0.3 is 6.03 Å². The standard InChI is InChI=1S/C14H17FN4O/c1-10-11(9-17-19-10)3-2-8-16-14(20)18-13-6-4-12(15)5-7-13/h4-7,9H,2-3,8H2,1H3,(H,17,19)(H2,16,18,20). The lowest BCUT2D eigenvalue weighted by molar-refractivity contribution is 0.252. The molecule has 0 atom stereocenters. The van der Waals surface area contributed by atoms with E-state index in [1.165, 1.54) is 24.3 Å². The average Bonchev–Trinajstić information content (AvgIpc) is 2.83. The number of rotatable bonds is 5. The summed E-state index contributed by atoms with van der Waals surface area (Å²) >= 11 is 0. The second-order valence-electron chi connectivity index (χ2n) is 4.51. The van der Waals surface area contributed by atoms with Crippen LogP contribution in [-0.2, 0) is 6.42 Å². The van der Waals surface area contributed by atoms with E-state index < -0.39 is 0 Å². The zero-order valence-electron chi connectivity index (χ0n) is 11.2. The van der Waals surface area contributed by atoms with Crippen LogP contribution in [0.15, 0.2) is 30.5 Å². The second-order valence-corrected chi connectivity index (χ2v) is 4.51. The molecule has 0 saturated carbocycles. The molecule has 0 aliphatic carbocycles. The second kappa shape index (κ2) is 6.70. The van der Waals surface area contributed by atoms with Crippen molar-refractivity contribution in [1.29, 1.82) is 0 Å². The minimum absolute atomic E-state index is 0.291. The molecule has 0 fully saturated rings. The highest BCUT2D eigenvalue weighted by atomic mass is 19.1. The molecule has 1 aromatic heterocycles. The Kier molecular flexibility index (Phi) is 4.70. The molecule has 5 nitrogen and oxygen atoms in total. The number of nitrogens with zero attached hydrogens (tertiary/aromatic N) is 1. The summed E-state index contributed by atoms with van der Waals surface area (Å²) in [6, 6.07) is 5.35. The average molecular weight is 276 g/mol. The van der Waals surface area contributed by atoms with E-state index in [-0.39, 0.29) is 11.8 Å². The molecule has 0 spiro atoms. The molecule has 1 heterocycles. The molecule has 1 aromatic carbocycles. The van der Waals surface area contributed by atoms with Crippen molar-refractivity contribution in [3.05, 3.63) is 47.5 Å². The maximum Gasteiger partial charge on any atom is 0.319 e. The van der Waals surface area contributed by atoms with E-state index >= 15 is 0 Å². The molecule has 0 aliphatic rings. The topological polar surface area (TPSA) is 69.8 Å². The lowest BCUT2D eigenvalue weighted by Crippen LogP contribution is -2.29. The molecule has 2 aromatic rings. The first kappa shape index (κ1) is 14.0. The van der Waals surface area contributed by atoms with Crippen molar-refractivity contribution < 1.29 is 9.18 Å². The Labute approximate surface area is 116 Å². The zero-order chi connectivity index (χ0) is 14.4. The summed E-state index contributed by atoms with van der Waals surface area (Å²) in [7, 11) is 0. The fourth-order valence-corrected chi connectivity index (χ4v) is 1.82. The maximum absolute atomic E-state index is 12.7. The highest BCUT2D eigenvalue weighted by molar-refractivity contribution is 5.89. The van der Waals surface area contributed by atoms with Gasteiger partial charge in [-0.15, -0.1) is 0 Å². The molecule has 0 saturated heterocycles. The molecule has 0 radical (unpaired) electrons. The van der Waals surface area contributed by atoms with Crippen molar-refractivity contribution in [2.45, 2.75) is 19.8 Å². The smallest absolute Gasteiger partial charge is 0.319 e. The molecule has 20 heavy (non-hydrogen) atoms. The molecule has 6 heteroatoms. The lowest BCUT2D eigenvalue weighted by atomic mass is 10.1. The van der Waals surface area contributed by atoms with Crippen LogP contribution in [-0.4, -0.2) is 22.8 Å². The Hall–Kier alpha value is -2.37. The summed E-state index contributed by atoms with van der Waals surface area (Å²) in [5.74, 6) is -0.327. The van der Waals surface area contributed by atoms with Crippen LogP contribution in [0.4, 0.5) is 14.9 Å². The number of H-pyrrole nitrogens is 1. The first-order chi connectivity index (χ1) is 9.65. The monoisotopic (exact) mass is 276 g/mol. The van der Waals surface area contributed by atoms with Gasteiger partial charge in [-0.3, -0.25) is 5.10 Å². The van der Waals surface area contributed by atoms with Gasteiger partial charge in [-0.25, -0.2) is 9.18 Å². The number of amides is 2. The van der Waals surface area contributed by atoms with Gasteiger partial charge < -0.3 is 10.6 Å². The molecule has 3 N–H and O–H groups in total. The normalized spacial score (nSPS) is 10.3. The maximum atomic E-state index is 12.7. The lowest BCUT2D eigenvalue weighted by Gasteiger charge is -2.07. The van der Waals surface area contributed by atoms with E-state index in [2.05, 4.69) is 20.8 Å². The van der Waals surface area contributed by atoms with Crippen LogP contribution in [0.5, 0.6) is 0 Å². The third kappa shape index (κ3) is 4.08. The third-order valence-electron chi connectivity index (χ3n) is 2.94. The summed E-state index contributed by atoms with van der Waals surface area (Å²) < 4.78 is 12.7. The van der Waals surface area contributed by atoms with Gasteiger partial charge in [-0.05, 0) is 49.6 Å². The predicted octanol–water partition coefficient (Wildman–Crippen LogP) is 2.61. The van der Waals surface area contributed by atoms with Crippen molar-refractivity contribution in [2.75, 3.05) is 11.9 Å². The predicted molar refractivity (Wildman–Crippen MR) is 75.1 cm³/mol. The fourth-order valence-electron chi connectivity index (χ4n) is 1.82. The van der Waals surface area contributed by atoms with E-state index in [1.54, 1.807) is 6.20 Å². The number of halogens is 1. The number of carbonyl (C=O) groups is 1. The molecule has 0 unspecified atom stereocenters. The summed E-state index contributed by atoms with van der Waals surface area (Å²) in [5.41, 5.74) is 2.78. The Morgan fingerprint density at radius 3 is 2.75 bits per heavy atom. The van der Waals surface area contributed by atoms with Gasteiger partial charge in [-0.2, -0.15) is 5.10 Å². The number of anilines is 1. The first-order valence-electron chi connectivity index (χ1n) is 6.44. The number of benzene rings is 1. The van der Waals surface area contributed by atoms with E-state index in [0.29, 0.717) is 12.2 Å². The number of carbonyl (C=O) groups excluding carboxylic acids is 1. The van der Waals surface area contributed by atoms with E-state index in [4.69, 9.17) is 0 Å². The number of urea groups is 1. The molecule has 0 aliphatic heterocycles. The minimum Gasteiger partial charge on any atom is -0.338 e. The van der Waals surface area contributed by atoms with Crippen molar-refractivity contribution in [2.24, 2.45) is 0 Å². The number of hydrogen-bond acceptors (Lipinski definition) is 2. The van der Waals surface area contributed by atoms with Gasteiger partial charge in [-0.1, -0.05) is 0 Å². The number of aryl methyl sites for hydroxylation is 2. The van der Waals surface area contributed by atoms with Crippen LogP contribution in [0, 0.1) is 12.7 Å². The number of aromatic amines is 1. The van der Waals surface area contributed by atoms with Crippen LogP contribution >= 0.6 is 0 Å². The van der Waals surface area contributed by atoms with Crippen LogP contribution in [0.3, 0.4) is 0 Å². The Bertz CT molecular complexity index is 565. The Morgan fingerprint density at radius 2 is 2.10 bits per heavy atom. The van der Waals surface area contributed by atoms with Crippen LogP contribution in [0.25, 0.3) is 0 Å². The molecular weight excluding hydrogens is 259 g/mol. The minimum atomic E-state index is -0.327. The van der Waals surface area contributed by atoms with Crippen LogP contribution in [0.1, 0.15) is 17.7 Å². The molecule has 0 bridgehead atoms. The van der Waals surface area contributed by atoms with Crippen molar-refractivity contribution in [3.63, 3.8) is 0 Å². The van der Waals surface area contributed by atoms with Crippen molar-refractivity contribution in [1.82, 2.24) is 15.5 Å². The van der Waals surface area contributed by atoms with Gasteiger partial charge in [0.1, 0.15) is 5.82 Å². The van der Waals surface area contributed by atoms with Gasteiger partial charge in [0.2, 0.25) is 0 Å². The summed E-state index contributed by atoms with van der Waals surface area (Å²) in [4.78, 5) is 11.6. The van der Waals surface area contributed by atoms with E-state index in [0.717, 1.165) is 24.1 Å². The molecule has 2 amide bonds.